The Morgan fingerprint density at radius 3 is 2.77 bits per heavy atom. The largest absolute Gasteiger partial charge is 0.392 e. The molecule has 120 valence electrons. The topological polar surface area (TPSA) is 34.4 Å². The molecule has 0 aliphatic carbocycles. The molecule has 1 aromatic carbocycles. The van der Waals surface area contributed by atoms with Crippen LogP contribution in [-0.2, 0) is 11.3 Å². The minimum Gasteiger partial charge on any atom is -0.392 e. The van der Waals surface area contributed by atoms with E-state index in [9.17, 15) is 5.11 Å². The van der Waals surface area contributed by atoms with Gasteiger partial charge in [-0.2, -0.15) is 0 Å². The fourth-order valence-electron chi connectivity index (χ4n) is 2.76. The Bertz CT molecular complexity index is 653. The summed E-state index contributed by atoms with van der Waals surface area (Å²) in [5.74, 6) is 0.357. The van der Waals surface area contributed by atoms with E-state index in [1.165, 1.54) is 16.5 Å². The van der Waals surface area contributed by atoms with E-state index in [0.29, 0.717) is 5.92 Å². The number of methoxy groups -OCH3 is 1. The van der Waals surface area contributed by atoms with E-state index in [2.05, 4.69) is 55.8 Å². The maximum absolute atomic E-state index is 9.49. The molecule has 3 heteroatoms. The van der Waals surface area contributed by atoms with Crippen molar-refractivity contribution in [3.8, 4) is 0 Å². The molecule has 1 N–H and O–H groups in total. The Labute approximate surface area is 133 Å². The molecule has 1 heterocycles. The number of hydrogen-bond acceptors (Lipinski definition) is 2. The summed E-state index contributed by atoms with van der Waals surface area (Å²) in [6.07, 6.45) is 5.32. The lowest BCUT2D eigenvalue weighted by Gasteiger charge is -2.09. The van der Waals surface area contributed by atoms with Gasteiger partial charge < -0.3 is 14.4 Å². The summed E-state index contributed by atoms with van der Waals surface area (Å²) >= 11 is 0. The minimum absolute atomic E-state index is 0.115. The quantitative estimate of drug-likeness (QED) is 0.784. The Morgan fingerprint density at radius 2 is 2.14 bits per heavy atom. The van der Waals surface area contributed by atoms with Gasteiger partial charge in [0, 0.05) is 37.4 Å². The zero-order valence-corrected chi connectivity index (χ0v) is 14.1. The zero-order valence-electron chi connectivity index (χ0n) is 14.1. The van der Waals surface area contributed by atoms with Crippen molar-refractivity contribution in [3.05, 3.63) is 41.1 Å². The number of aromatic nitrogens is 1. The van der Waals surface area contributed by atoms with Crippen LogP contribution in [0.25, 0.3) is 17.0 Å². The molecule has 0 spiro atoms. The first kappa shape index (κ1) is 16.8. The molecule has 2 rings (SSSR count). The molecule has 1 aromatic heterocycles. The summed E-state index contributed by atoms with van der Waals surface area (Å²) in [6.45, 7) is 8.22. The van der Waals surface area contributed by atoms with Crippen molar-refractivity contribution in [1.82, 2.24) is 4.57 Å². The maximum Gasteiger partial charge on any atom is 0.0647 e. The van der Waals surface area contributed by atoms with E-state index in [1.807, 2.05) is 0 Å². The zero-order chi connectivity index (χ0) is 16.1. The Kier molecular flexibility index (Phi) is 5.81. The van der Waals surface area contributed by atoms with Crippen LogP contribution in [0.2, 0.25) is 0 Å². The number of aliphatic hydroxyl groups excluding tert-OH is 1. The summed E-state index contributed by atoms with van der Waals surface area (Å²) < 4.78 is 7.45. The standard InChI is InChI=1S/C19H27NO2/c1-14(2)17(13-21)10-16-6-7-18-15(3)12-20(19(18)11-16)8-5-9-22-4/h6-7,10-12,14,21H,5,8-9,13H2,1-4H3/b17-10-. The van der Waals surface area contributed by atoms with Gasteiger partial charge in [-0.1, -0.05) is 32.1 Å². The van der Waals surface area contributed by atoms with Crippen molar-refractivity contribution in [1.29, 1.82) is 0 Å². The van der Waals surface area contributed by atoms with Crippen LogP contribution in [0.1, 0.15) is 31.4 Å². The molecule has 0 fully saturated rings. The number of aliphatic hydroxyl groups is 1. The van der Waals surface area contributed by atoms with Crippen LogP contribution in [-0.4, -0.2) is 30.0 Å². The first-order valence-electron chi connectivity index (χ1n) is 7.96. The Morgan fingerprint density at radius 1 is 1.36 bits per heavy atom. The molecule has 0 amide bonds. The van der Waals surface area contributed by atoms with E-state index in [1.54, 1.807) is 7.11 Å². The average molecular weight is 301 g/mol. The van der Waals surface area contributed by atoms with E-state index in [-0.39, 0.29) is 6.61 Å². The van der Waals surface area contributed by atoms with Gasteiger partial charge in [0.1, 0.15) is 0 Å². The molecular formula is C19H27NO2. The second-order valence-corrected chi connectivity index (χ2v) is 6.16. The van der Waals surface area contributed by atoms with Crippen molar-refractivity contribution in [2.24, 2.45) is 5.92 Å². The highest BCUT2D eigenvalue weighted by Crippen LogP contribution is 2.24. The van der Waals surface area contributed by atoms with E-state index in [4.69, 9.17) is 4.74 Å². The first-order valence-corrected chi connectivity index (χ1v) is 7.96. The van der Waals surface area contributed by atoms with Gasteiger partial charge in [-0.25, -0.2) is 0 Å². The lowest BCUT2D eigenvalue weighted by Crippen LogP contribution is -2.00. The van der Waals surface area contributed by atoms with Crippen LogP contribution < -0.4 is 0 Å². The number of benzene rings is 1. The molecule has 0 saturated heterocycles. The van der Waals surface area contributed by atoms with E-state index in [0.717, 1.165) is 30.7 Å². The second-order valence-electron chi connectivity index (χ2n) is 6.16. The fraction of sp³-hybridized carbons (Fsp3) is 0.474. The van der Waals surface area contributed by atoms with Gasteiger partial charge in [0.25, 0.3) is 0 Å². The lowest BCUT2D eigenvalue weighted by atomic mass is 10.0. The summed E-state index contributed by atoms with van der Waals surface area (Å²) in [5.41, 5.74) is 4.77. The highest BCUT2D eigenvalue weighted by molar-refractivity contribution is 5.86. The molecule has 0 radical (unpaired) electrons. The van der Waals surface area contributed by atoms with Gasteiger partial charge in [-0.05, 0) is 42.0 Å². The molecule has 0 atom stereocenters. The fourth-order valence-corrected chi connectivity index (χ4v) is 2.76. The third-order valence-electron chi connectivity index (χ3n) is 4.13. The smallest absolute Gasteiger partial charge is 0.0647 e. The molecule has 2 aromatic rings. The highest BCUT2D eigenvalue weighted by Gasteiger charge is 2.07. The van der Waals surface area contributed by atoms with Crippen molar-refractivity contribution < 1.29 is 9.84 Å². The average Bonchev–Trinajstić information content (AvgIpc) is 2.81. The molecule has 0 aliphatic rings. The van der Waals surface area contributed by atoms with Gasteiger partial charge in [0.05, 0.1) is 6.61 Å². The van der Waals surface area contributed by atoms with E-state index < -0.39 is 0 Å². The van der Waals surface area contributed by atoms with E-state index >= 15 is 0 Å². The predicted octanol–water partition coefficient (Wildman–Crippen LogP) is 4.02. The van der Waals surface area contributed by atoms with Crippen LogP contribution in [0.15, 0.2) is 30.0 Å². The molecule has 0 saturated carbocycles. The first-order chi connectivity index (χ1) is 10.6. The number of nitrogens with zero attached hydrogens (tertiary/aromatic N) is 1. The third kappa shape index (κ3) is 3.79. The van der Waals surface area contributed by atoms with Crippen molar-refractivity contribution in [3.63, 3.8) is 0 Å². The molecule has 0 unspecified atom stereocenters. The van der Waals surface area contributed by atoms with Crippen LogP contribution in [0, 0.1) is 12.8 Å². The predicted molar refractivity (Wildman–Crippen MR) is 93.1 cm³/mol. The number of ether oxygens (including phenoxy) is 1. The van der Waals surface area contributed by atoms with Crippen LogP contribution in [0.3, 0.4) is 0 Å². The van der Waals surface area contributed by atoms with Crippen LogP contribution >= 0.6 is 0 Å². The number of fused-ring (bicyclic) bond motifs is 1. The summed E-state index contributed by atoms with van der Waals surface area (Å²) in [5, 5.41) is 10.8. The number of rotatable bonds is 7. The monoisotopic (exact) mass is 301 g/mol. The Hall–Kier alpha value is -1.58. The number of hydrogen-bond donors (Lipinski definition) is 1. The summed E-state index contributed by atoms with van der Waals surface area (Å²) in [4.78, 5) is 0. The molecule has 0 bridgehead atoms. The van der Waals surface area contributed by atoms with Gasteiger partial charge in [-0.3, -0.25) is 0 Å². The van der Waals surface area contributed by atoms with Gasteiger partial charge in [-0.15, -0.1) is 0 Å². The molecule has 0 aliphatic heterocycles. The molecular weight excluding hydrogens is 274 g/mol. The van der Waals surface area contributed by atoms with Crippen LogP contribution in [0.4, 0.5) is 0 Å². The normalized spacial score (nSPS) is 12.5. The third-order valence-corrected chi connectivity index (χ3v) is 4.13. The number of aryl methyl sites for hydroxylation is 2. The van der Waals surface area contributed by atoms with Crippen molar-refractivity contribution in [2.45, 2.75) is 33.7 Å². The summed E-state index contributed by atoms with van der Waals surface area (Å²) in [7, 11) is 1.74. The lowest BCUT2D eigenvalue weighted by molar-refractivity contribution is 0.190. The molecule has 22 heavy (non-hydrogen) atoms. The van der Waals surface area contributed by atoms with Crippen molar-refractivity contribution >= 4 is 17.0 Å². The van der Waals surface area contributed by atoms with Crippen molar-refractivity contribution in [2.75, 3.05) is 20.3 Å². The second kappa shape index (κ2) is 7.61. The minimum atomic E-state index is 0.115. The SMILES string of the molecule is COCCCn1cc(C)c2ccc(/C=C(/CO)C(C)C)cc21. The van der Waals surface area contributed by atoms with Gasteiger partial charge in [0.15, 0.2) is 0 Å². The van der Waals surface area contributed by atoms with Gasteiger partial charge >= 0.3 is 0 Å². The Balaban J connectivity index is 2.37. The van der Waals surface area contributed by atoms with Gasteiger partial charge in [0.2, 0.25) is 0 Å². The maximum atomic E-state index is 9.49. The van der Waals surface area contributed by atoms with Crippen LogP contribution in [0.5, 0.6) is 0 Å². The highest BCUT2D eigenvalue weighted by atomic mass is 16.5. The molecule has 3 nitrogen and oxygen atoms in total. The summed E-state index contributed by atoms with van der Waals surface area (Å²) in [6, 6.07) is 6.53.